The topological polar surface area (TPSA) is 270 Å². The summed E-state index contributed by atoms with van der Waals surface area (Å²) in [6.07, 6.45) is 23.2. The third-order valence-corrected chi connectivity index (χ3v) is 32.2. The van der Waals surface area contributed by atoms with Crippen LogP contribution in [-0.4, -0.2) is 132 Å². The number of piperidine rings is 4. The van der Waals surface area contributed by atoms with Gasteiger partial charge in [-0.2, -0.15) is 4.31 Å². The summed E-state index contributed by atoms with van der Waals surface area (Å²) in [5.41, 5.74) is 9.40. The SMILES string of the molecule is C.C.C.C.CC(C)N(C(C)C)S(=O)(=O)c1ccc(N2CCCC(CC(=O)CCc3ccccc3)C2)cc1.O=C(CCc1ccccc1)CC1CCCN(c2ccc(S(=O)(=O)NC3CCCCC3)cc2)C1.O=C(CCc1ccccc1)CC1CCCN(c2ccc(S(=O)(=O)NCc3ccco3)cc2)C1.O=C(CCc1ccccc1)CC1CCCN(c2ccc(S(=O)(=O)Nc3ccccc3)cc2)C1. The van der Waals surface area contributed by atoms with Gasteiger partial charge in [-0.05, 0) is 285 Å². The molecule has 1 saturated carbocycles. The van der Waals surface area contributed by atoms with Gasteiger partial charge in [0.15, 0.2) is 0 Å². The predicted octanol–water partition coefficient (Wildman–Crippen LogP) is 22.8. The first-order chi connectivity index (χ1) is 63.7. The number of nitrogens with one attached hydrogen (secondary N) is 3. The number of hydrogen-bond donors (Lipinski definition) is 3. The van der Waals surface area contributed by atoms with Crippen LogP contribution in [0.15, 0.2) is 291 Å². The fourth-order valence-corrected chi connectivity index (χ4v) is 24.0. The molecule has 5 fully saturated rings. The highest BCUT2D eigenvalue weighted by Crippen LogP contribution is 2.34. The molecule has 4 atom stereocenters. The van der Waals surface area contributed by atoms with E-state index in [0.29, 0.717) is 119 Å². The highest BCUT2D eigenvalue weighted by atomic mass is 32.2. The van der Waals surface area contributed by atoms with Crippen LogP contribution in [0.1, 0.15) is 220 Å². The van der Waals surface area contributed by atoms with Gasteiger partial charge in [0.2, 0.25) is 30.1 Å². The molecule has 1 aromatic heterocycles. The van der Waals surface area contributed by atoms with E-state index in [1.54, 1.807) is 89.2 Å². The first-order valence-electron chi connectivity index (χ1n) is 47.4. The molecule has 15 rings (SSSR count). The van der Waals surface area contributed by atoms with Crippen molar-refractivity contribution in [3.8, 4) is 0 Å². The smallest absolute Gasteiger partial charge is 0.261 e. The Kier molecular flexibility index (Phi) is 45.1. The minimum Gasteiger partial charge on any atom is -0.468 e. The van der Waals surface area contributed by atoms with Crippen LogP contribution in [-0.2, 0) is 91.5 Å². The number of benzene rings is 9. The standard InChI is InChI=1S/C27H36N2O3S.C27H30N2O3S.C27H38N2O3S.C26H30N2O4S.4CH4/c2*30-26(16-13-22-8-3-1-4-9-22)20-23-10-7-19-29(21-23)25-14-17-27(18-15-25)33(31,32)28-24-11-5-2-6-12-24;1-21(2)29(22(3)4)33(31,32)27-16-13-25(14-17-27)28-18-8-11-24(20-28)19-26(30)15-12-23-9-6-5-7-10-23;29-24(13-10-21-6-2-1-3-7-21)18-22-8-4-16-28(20-22)23-11-14-26(15-12-23)33(30,31)27-19-25-9-5-17-32-25;;;;/h1,3-4,8-9,14-15,17-18,23-24,28H,2,5-7,10-13,16,19-21H2;1-6,8-9,11-12,14-15,17-18,23,28H,7,10,13,16,19-21H2;5-7,9-10,13-14,16-17,21-22,24H,8,11-12,15,18-20H2,1-4H3;1-3,5-7,9,11-12,14-15,17,22,27H,4,8,10,13,16,18-20H2;4*1H4. The lowest BCUT2D eigenvalue weighted by atomic mass is 9.91. The molecule has 5 aliphatic rings. The molecule has 25 heteroatoms. The molecule has 1 aliphatic carbocycles. The fraction of sp³-hybridized carbons (Fsp3) is 0.441. The number of Topliss-reactive ketones (excluding diaryl/α,β-unsaturated/α-hetero) is 4. The van der Waals surface area contributed by atoms with Crippen molar-refractivity contribution in [3.05, 3.63) is 295 Å². The Morgan fingerprint density at radius 1 is 0.338 bits per heavy atom. The van der Waals surface area contributed by atoms with Crippen LogP contribution >= 0.6 is 0 Å². The summed E-state index contributed by atoms with van der Waals surface area (Å²) in [4.78, 5) is 60.4. The summed E-state index contributed by atoms with van der Waals surface area (Å²) in [6, 6.07) is 81.3. The molecule has 9 aromatic carbocycles. The Balaban J connectivity index is 0.000000221. The number of rotatable bonds is 38. The molecule has 5 heterocycles. The molecule has 736 valence electrons. The lowest BCUT2D eigenvalue weighted by molar-refractivity contribution is -0.120. The highest BCUT2D eigenvalue weighted by Gasteiger charge is 2.33. The quantitative estimate of drug-likeness (QED) is 0.0324. The van der Waals surface area contributed by atoms with E-state index < -0.39 is 40.1 Å². The van der Waals surface area contributed by atoms with Gasteiger partial charge in [-0.15, -0.1) is 0 Å². The van der Waals surface area contributed by atoms with E-state index >= 15 is 0 Å². The Labute approximate surface area is 814 Å². The lowest BCUT2D eigenvalue weighted by Gasteiger charge is -2.34. The molecule has 4 aliphatic heterocycles. The summed E-state index contributed by atoms with van der Waals surface area (Å²) in [5, 5.41) is 0. The number of sulfonamides is 4. The Hall–Kier alpha value is -10.4. The summed E-state index contributed by atoms with van der Waals surface area (Å²) in [5.74, 6) is 3.24. The molecule has 0 spiro atoms. The summed E-state index contributed by atoms with van der Waals surface area (Å²) < 4.78 is 117. The van der Waals surface area contributed by atoms with Crippen LogP contribution in [0.2, 0.25) is 0 Å². The number of nitrogens with zero attached hydrogens (tertiary/aromatic N) is 5. The molecule has 4 saturated heterocycles. The van der Waals surface area contributed by atoms with E-state index in [2.05, 4.69) is 82.3 Å². The number of carbonyl (C=O) groups is 4. The second-order valence-electron chi connectivity index (χ2n) is 36.6. The average Bonchev–Trinajstić information content (AvgIpc) is 0.931. The normalized spacial score (nSPS) is 17.0. The second kappa shape index (κ2) is 55.3. The van der Waals surface area contributed by atoms with Gasteiger partial charge in [0, 0.05) is 150 Å². The van der Waals surface area contributed by atoms with E-state index in [-0.39, 0.29) is 64.2 Å². The number of carbonyl (C=O) groups excluding carboxylic acids is 4. The van der Waals surface area contributed by atoms with Gasteiger partial charge in [-0.25, -0.2) is 43.1 Å². The van der Waals surface area contributed by atoms with E-state index in [1.807, 2.05) is 155 Å². The van der Waals surface area contributed by atoms with Gasteiger partial charge in [0.25, 0.3) is 10.0 Å². The molecule has 21 nitrogen and oxygen atoms in total. The maximum atomic E-state index is 13.1. The zero-order valence-electron chi connectivity index (χ0n) is 77.2. The van der Waals surface area contributed by atoms with Gasteiger partial charge in [-0.3, -0.25) is 23.9 Å². The van der Waals surface area contributed by atoms with Crippen molar-refractivity contribution < 1.29 is 57.3 Å². The van der Waals surface area contributed by atoms with Crippen molar-refractivity contribution >= 4 is 91.7 Å². The maximum Gasteiger partial charge on any atom is 0.261 e. The molecule has 0 bridgehead atoms. The molecule has 0 amide bonds. The minimum absolute atomic E-state index is 0. The van der Waals surface area contributed by atoms with Crippen LogP contribution in [0.4, 0.5) is 28.4 Å². The van der Waals surface area contributed by atoms with Gasteiger partial charge in [-0.1, -0.05) is 188 Å². The highest BCUT2D eigenvalue weighted by molar-refractivity contribution is 7.92. The summed E-state index contributed by atoms with van der Waals surface area (Å²) in [7, 11) is -14.3. The average molecular weight is 1930 g/mol. The van der Waals surface area contributed by atoms with Crippen LogP contribution in [0.25, 0.3) is 0 Å². The predicted molar refractivity (Wildman–Crippen MR) is 556 cm³/mol. The minimum atomic E-state index is -3.63. The fourth-order valence-electron chi connectivity index (χ4n) is 18.8. The second-order valence-corrected chi connectivity index (χ2v) is 43.6. The number of ketones is 4. The van der Waals surface area contributed by atoms with E-state index in [4.69, 9.17) is 4.42 Å². The van der Waals surface area contributed by atoms with Crippen LogP contribution < -0.4 is 33.8 Å². The molecule has 3 N–H and O–H groups in total. The van der Waals surface area contributed by atoms with E-state index in [9.17, 15) is 52.8 Å². The number of furan rings is 1. The van der Waals surface area contributed by atoms with Crippen molar-refractivity contribution in [3.63, 3.8) is 0 Å². The number of hydrogen-bond acceptors (Lipinski definition) is 17. The maximum absolute atomic E-state index is 13.1. The van der Waals surface area contributed by atoms with E-state index in [0.717, 1.165) is 178 Å². The molecule has 0 radical (unpaired) electrons. The van der Waals surface area contributed by atoms with Crippen molar-refractivity contribution in [1.29, 1.82) is 0 Å². The molecular weight excluding hydrogens is 1780 g/mol. The zero-order valence-corrected chi connectivity index (χ0v) is 80.4. The number of para-hydroxylation sites is 1. The third kappa shape index (κ3) is 34.9. The Bertz CT molecular complexity index is 5680. The Morgan fingerprint density at radius 2 is 0.632 bits per heavy atom. The van der Waals surface area contributed by atoms with Crippen molar-refractivity contribution in [2.24, 2.45) is 23.7 Å². The first-order valence-corrected chi connectivity index (χ1v) is 53.3. The summed E-state index contributed by atoms with van der Waals surface area (Å²) in [6.45, 7) is 14.8. The van der Waals surface area contributed by atoms with Gasteiger partial charge >= 0.3 is 0 Å². The first kappa shape index (κ1) is 111. The summed E-state index contributed by atoms with van der Waals surface area (Å²) >= 11 is 0. The third-order valence-electron chi connectivity index (χ3n) is 25.6. The van der Waals surface area contributed by atoms with Crippen molar-refractivity contribution in [1.82, 2.24) is 13.7 Å². The largest absolute Gasteiger partial charge is 0.468 e. The zero-order chi connectivity index (χ0) is 93.3. The Morgan fingerprint density at radius 3 is 0.934 bits per heavy atom. The molecule has 4 unspecified atom stereocenters. The van der Waals surface area contributed by atoms with Crippen LogP contribution in [0.3, 0.4) is 0 Å². The van der Waals surface area contributed by atoms with E-state index in [1.165, 1.54) is 34.9 Å². The van der Waals surface area contributed by atoms with Crippen LogP contribution in [0, 0.1) is 23.7 Å². The number of aryl methyl sites for hydroxylation is 4. The molecule has 136 heavy (non-hydrogen) atoms. The number of anilines is 5. The van der Waals surface area contributed by atoms with Gasteiger partial charge in [0.05, 0.1) is 32.4 Å². The van der Waals surface area contributed by atoms with Crippen molar-refractivity contribution in [2.45, 2.75) is 262 Å². The molecular formula is C111H150N8O13S4. The van der Waals surface area contributed by atoms with Gasteiger partial charge in [0.1, 0.15) is 28.9 Å². The van der Waals surface area contributed by atoms with Crippen LogP contribution in [0.5, 0.6) is 0 Å². The van der Waals surface area contributed by atoms with Gasteiger partial charge < -0.3 is 24.0 Å². The van der Waals surface area contributed by atoms with Crippen molar-refractivity contribution in [2.75, 3.05) is 76.7 Å². The molecule has 10 aromatic rings. The monoisotopic (exact) mass is 1930 g/mol. The lowest BCUT2D eigenvalue weighted by Crippen LogP contribution is -2.42.